The molecule has 1 aliphatic heterocycles. The van der Waals surface area contributed by atoms with Crippen LogP contribution in [-0.2, 0) is 0 Å². The molecule has 0 aromatic carbocycles. The van der Waals surface area contributed by atoms with E-state index in [4.69, 9.17) is 11.6 Å². The van der Waals surface area contributed by atoms with Crippen LogP contribution in [0.25, 0.3) is 0 Å². The standard InChI is InChI=1S/C16H23ClN2O2/c1-16(2,3)11-5-4-9-19(10-8-11)14-12(15(20)21)6-7-13(17)18-14/h6-7,11H,4-5,8-10H2,1-3H3,(H,20,21). The summed E-state index contributed by atoms with van der Waals surface area (Å²) in [7, 11) is 0. The minimum Gasteiger partial charge on any atom is -0.478 e. The van der Waals surface area contributed by atoms with E-state index in [0.29, 0.717) is 16.9 Å². The Morgan fingerprint density at radius 2 is 2.05 bits per heavy atom. The minimum absolute atomic E-state index is 0.230. The quantitative estimate of drug-likeness (QED) is 0.836. The van der Waals surface area contributed by atoms with Gasteiger partial charge in [0.2, 0.25) is 0 Å². The molecule has 2 heterocycles. The number of carbonyl (C=O) groups is 1. The summed E-state index contributed by atoms with van der Waals surface area (Å²) in [6.07, 6.45) is 3.27. The van der Waals surface area contributed by atoms with Gasteiger partial charge in [-0.25, -0.2) is 9.78 Å². The molecule has 0 radical (unpaired) electrons. The molecule has 5 heteroatoms. The molecule has 1 aromatic rings. The van der Waals surface area contributed by atoms with Crippen LogP contribution in [0.2, 0.25) is 5.15 Å². The van der Waals surface area contributed by atoms with Gasteiger partial charge in [-0.05, 0) is 42.7 Å². The second-order valence-electron chi connectivity index (χ2n) is 6.79. The number of pyridine rings is 1. The Morgan fingerprint density at radius 3 is 2.67 bits per heavy atom. The van der Waals surface area contributed by atoms with Gasteiger partial charge in [0.05, 0.1) is 0 Å². The lowest BCUT2D eigenvalue weighted by atomic mass is 9.77. The third kappa shape index (κ3) is 3.88. The molecule has 1 aromatic heterocycles. The zero-order valence-electron chi connectivity index (χ0n) is 12.9. The maximum Gasteiger partial charge on any atom is 0.339 e. The molecule has 1 saturated heterocycles. The molecule has 1 aliphatic rings. The van der Waals surface area contributed by atoms with Gasteiger partial charge >= 0.3 is 5.97 Å². The van der Waals surface area contributed by atoms with Crippen molar-refractivity contribution in [1.82, 2.24) is 4.98 Å². The van der Waals surface area contributed by atoms with Gasteiger partial charge in [-0.1, -0.05) is 32.4 Å². The topological polar surface area (TPSA) is 53.4 Å². The Morgan fingerprint density at radius 1 is 1.33 bits per heavy atom. The highest BCUT2D eigenvalue weighted by Gasteiger charge is 2.28. The average Bonchev–Trinajstić information content (AvgIpc) is 2.63. The minimum atomic E-state index is -0.953. The Bertz CT molecular complexity index is 525. The lowest BCUT2D eigenvalue weighted by Crippen LogP contribution is -2.28. The number of rotatable bonds is 2. The van der Waals surface area contributed by atoms with Crippen molar-refractivity contribution in [2.75, 3.05) is 18.0 Å². The molecular weight excluding hydrogens is 288 g/mol. The fraction of sp³-hybridized carbons (Fsp3) is 0.625. The monoisotopic (exact) mass is 310 g/mol. The third-order valence-electron chi connectivity index (χ3n) is 4.32. The second kappa shape index (κ2) is 6.22. The van der Waals surface area contributed by atoms with Crippen LogP contribution in [0.3, 0.4) is 0 Å². The summed E-state index contributed by atoms with van der Waals surface area (Å²) in [4.78, 5) is 17.7. The van der Waals surface area contributed by atoms with Gasteiger partial charge in [0.15, 0.2) is 0 Å². The summed E-state index contributed by atoms with van der Waals surface area (Å²) in [5, 5.41) is 9.67. The molecule has 4 nitrogen and oxygen atoms in total. The van der Waals surface area contributed by atoms with Gasteiger partial charge in [0.1, 0.15) is 16.5 Å². The molecule has 1 N–H and O–H groups in total. The predicted molar refractivity (Wildman–Crippen MR) is 85.2 cm³/mol. The average molecular weight is 311 g/mol. The van der Waals surface area contributed by atoms with Crippen LogP contribution in [-0.4, -0.2) is 29.1 Å². The highest BCUT2D eigenvalue weighted by molar-refractivity contribution is 6.29. The Kier molecular flexibility index (Phi) is 4.77. The number of hydrogen-bond acceptors (Lipinski definition) is 3. The third-order valence-corrected chi connectivity index (χ3v) is 4.53. The van der Waals surface area contributed by atoms with Crippen molar-refractivity contribution in [2.45, 2.75) is 40.0 Å². The van der Waals surface area contributed by atoms with Gasteiger partial charge in [-0.15, -0.1) is 0 Å². The lowest BCUT2D eigenvalue weighted by molar-refractivity contribution is 0.0697. The Labute approximate surface area is 131 Å². The molecule has 0 saturated carbocycles. The molecule has 1 fully saturated rings. The van der Waals surface area contributed by atoms with Crippen LogP contribution < -0.4 is 4.90 Å². The van der Waals surface area contributed by atoms with Crippen molar-refractivity contribution in [1.29, 1.82) is 0 Å². The van der Waals surface area contributed by atoms with Gasteiger partial charge < -0.3 is 10.0 Å². The summed E-state index contributed by atoms with van der Waals surface area (Å²) in [5.74, 6) is 0.199. The van der Waals surface area contributed by atoms with E-state index in [0.717, 1.165) is 25.9 Å². The van der Waals surface area contributed by atoms with Crippen molar-refractivity contribution in [3.8, 4) is 0 Å². The lowest BCUT2D eigenvalue weighted by Gasteiger charge is -2.30. The van der Waals surface area contributed by atoms with E-state index in [1.54, 1.807) is 6.07 Å². The number of halogens is 1. The maximum atomic E-state index is 11.4. The summed E-state index contributed by atoms with van der Waals surface area (Å²) in [6, 6.07) is 3.07. The predicted octanol–water partition coefficient (Wildman–Crippen LogP) is 4.09. The number of aromatic carboxylic acids is 1. The summed E-state index contributed by atoms with van der Waals surface area (Å²) in [6.45, 7) is 8.48. The smallest absolute Gasteiger partial charge is 0.339 e. The van der Waals surface area contributed by atoms with Crippen molar-refractivity contribution in [2.24, 2.45) is 11.3 Å². The van der Waals surface area contributed by atoms with Gasteiger partial charge in [-0.2, -0.15) is 0 Å². The van der Waals surface area contributed by atoms with E-state index >= 15 is 0 Å². The van der Waals surface area contributed by atoms with E-state index < -0.39 is 5.97 Å². The van der Waals surface area contributed by atoms with Crippen LogP contribution in [0.1, 0.15) is 50.4 Å². The van der Waals surface area contributed by atoms with Crippen LogP contribution in [0.4, 0.5) is 5.82 Å². The molecule has 1 unspecified atom stereocenters. The summed E-state index contributed by atoms with van der Waals surface area (Å²) >= 11 is 5.95. The van der Waals surface area contributed by atoms with E-state index in [9.17, 15) is 9.90 Å². The number of nitrogens with zero attached hydrogens (tertiary/aromatic N) is 2. The fourth-order valence-electron chi connectivity index (χ4n) is 3.01. The largest absolute Gasteiger partial charge is 0.478 e. The first kappa shape index (κ1) is 16.1. The van der Waals surface area contributed by atoms with Crippen molar-refractivity contribution < 1.29 is 9.90 Å². The van der Waals surface area contributed by atoms with Crippen LogP contribution in [0, 0.1) is 11.3 Å². The van der Waals surface area contributed by atoms with Crippen LogP contribution in [0.15, 0.2) is 12.1 Å². The molecule has 21 heavy (non-hydrogen) atoms. The second-order valence-corrected chi connectivity index (χ2v) is 7.18. The molecule has 0 bridgehead atoms. The molecular formula is C16H23ClN2O2. The van der Waals surface area contributed by atoms with E-state index in [1.165, 1.54) is 12.5 Å². The summed E-state index contributed by atoms with van der Waals surface area (Å²) < 4.78 is 0. The highest BCUT2D eigenvalue weighted by atomic mass is 35.5. The molecule has 1 atom stereocenters. The first-order chi connectivity index (χ1) is 9.79. The fourth-order valence-corrected chi connectivity index (χ4v) is 3.15. The van der Waals surface area contributed by atoms with Gasteiger partial charge in [-0.3, -0.25) is 0 Å². The number of hydrogen-bond donors (Lipinski definition) is 1. The van der Waals surface area contributed by atoms with Crippen LogP contribution in [0.5, 0.6) is 0 Å². The molecule has 0 aliphatic carbocycles. The van der Waals surface area contributed by atoms with Crippen molar-refractivity contribution in [3.05, 3.63) is 22.8 Å². The zero-order valence-corrected chi connectivity index (χ0v) is 13.7. The summed E-state index contributed by atoms with van der Waals surface area (Å²) in [5.41, 5.74) is 0.515. The highest BCUT2D eigenvalue weighted by Crippen LogP contribution is 2.35. The Balaban J connectivity index is 2.23. The Hall–Kier alpha value is -1.29. The molecule has 0 spiro atoms. The number of carboxylic acids is 1. The normalized spacial score (nSPS) is 20.2. The van der Waals surface area contributed by atoms with Crippen molar-refractivity contribution >= 4 is 23.4 Å². The molecule has 116 valence electrons. The van der Waals surface area contributed by atoms with Gasteiger partial charge in [0, 0.05) is 13.1 Å². The first-order valence-electron chi connectivity index (χ1n) is 7.44. The molecule has 2 rings (SSSR count). The zero-order chi connectivity index (χ0) is 15.6. The SMILES string of the molecule is CC(C)(C)C1CCCN(c2nc(Cl)ccc2C(=O)O)CC1. The maximum absolute atomic E-state index is 11.4. The van der Waals surface area contributed by atoms with Gasteiger partial charge in [0.25, 0.3) is 0 Å². The number of anilines is 1. The van der Waals surface area contributed by atoms with E-state index in [-0.39, 0.29) is 11.0 Å². The van der Waals surface area contributed by atoms with Crippen LogP contribution >= 0.6 is 11.6 Å². The van der Waals surface area contributed by atoms with E-state index in [1.807, 2.05) is 0 Å². The number of carboxylic acid groups (broad SMARTS) is 1. The van der Waals surface area contributed by atoms with E-state index in [2.05, 4.69) is 30.7 Å². The first-order valence-corrected chi connectivity index (χ1v) is 7.81. The number of aromatic nitrogens is 1. The molecule has 0 amide bonds. The van der Waals surface area contributed by atoms with Crippen molar-refractivity contribution in [3.63, 3.8) is 0 Å².